The van der Waals surface area contributed by atoms with Crippen molar-refractivity contribution in [2.45, 2.75) is 0 Å². The Morgan fingerprint density at radius 3 is 2.61 bits per heavy atom. The number of aromatic carboxylic acids is 1. The van der Waals surface area contributed by atoms with E-state index in [2.05, 4.69) is 5.10 Å². The first kappa shape index (κ1) is 10.5. The number of hydrogen-bond donors (Lipinski definition) is 1. The molecule has 0 bridgehead atoms. The van der Waals surface area contributed by atoms with Crippen molar-refractivity contribution in [1.82, 2.24) is 9.61 Å². The lowest BCUT2D eigenvalue weighted by Crippen LogP contribution is -1.97. The van der Waals surface area contributed by atoms with E-state index in [1.165, 1.54) is 6.07 Å². The molecule has 2 aromatic heterocycles. The first-order valence-electron chi connectivity index (χ1n) is 5.52. The van der Waals surface area contributed by atoms with Crippen LogP contribution in [0.15, 0.2) is 54.7 Å². The van der Waals surface area contributed by atoms with Crippen LogP contribution in [0.4, 0.5) is 0 Å². The minimum atomic E-state index is -0.931. The van der Waals surface area contributed by atoms with Gasteiger partial charge in [0.25, 0.3) is 0 Å². The molecule has 4 nitrogen and oxygen atoms in total. The smallest absolute Gasteiger partial charge is 0.335 e. The SMILES string of the molecule is O=C(O)c1ccn2nc(-c3ccccc3)cc2c1. The van der Waals surface area contributed by atoms with Gasteiger partial charge in [-0.05, 0) is 18.2 Å². The lowest BCUT2D eigenvalue weighted by molar-refractivity contribution is 0.0697. The number of fused-ring (bicyclic) bond motifs is 1. The summed E-state index contributed by atoms with van der Waals surface area (Å²) in [4.78, 5) is 10.9. The average Bonchev–Trinajstić information content (AvgIpc) is 2.82. The van der Waals surface area contributed by atoms with Crippen molar-refractivity contribution < 1.29 is 9.90 Å². The molecular weight excluding hydrogens is 228 g/mol. The Bertz CT molecular complexity index is 717. The number of benzene rings is 1. The van der Waals surface area contributed by atoms with Crippen LogP contribution in [-0.4, -0.2) is 20.7 Å². The zero-order valence-corrected chi connectivity index (χ0v) is 9.45. The van der Waals surface area contributed by atoms with E-state index < -0.39 is 5.97 Å². The van der Waals surface area contributed by atoms with Gasteiger partial charge in [-0.1, -0.05) is 30.3 Å². The zero-order valence-electron chi connectivity index (χ0n) is 9.45. The molecule has 0 aliphatic carbocycles. The first-order chi connectivity index (χ1) is 8.74. The van der Waals surface area contributed by atoms with Crippen LogP contribution in [0, 0.1) is 0 Å². The van der Waals surface area contributed by atoms with Gasteiger partial charge in [0.1, 0.15) is 0 Å². The van der Waals surface area contributed by atoms with Crippen LogP contribution in [0.2, 0.25) is 0 Å². The first-order valence-corrected chi connectivity index (χ1v) is 5.52. The molecule has 0 saturated carbocycles. The minimum absolute atomic E-state index is 0.266. The van der Waals surface area contributed by atoms with Crippen molar-refractivity contribution in [3.05, 3.63) is 60.3 Å². The van der Waals surface area contributed by atoms with Crippen LogP contribution in [0.25, 0.3) is 16.8 Å². The molecule has 0 spiro atoms. The highest BCUT2D eigenvalue weighted by molar-refractivity contribution is 5.89. The van der Waals surface area contributed by atoms with E-state index in [0.717, 1.165) is 16.8 Å². The second kappa shape index (κ2) is 4.00. The summed E-state index contributed by atoms with van der Waals surface area (Å²) in [5.41, 5.74) is 2.88. The number of rotatable bonds is 2. The number of hydrogen-bond acceptors (Lipinski definition) is 2. The fourth-order valence-electron chi connectivity index (χ4n) is 1.88. The molecule has 1 aromatic carbocycles. The third-order valence-corrected chi connectivity index (χ3v) is 2.78. The third-order valence-electron chi connectivity index (χ3n) is 2.78. The fraction of sp³-hybridized carbons (Fsp3) is 0. The van der Waals surface area contributed by atoms with E-state index in [1.54, 1.807) is 16.8 Å². The highest BCUT2D eigenvalue weighted by Gasteiger charge is 2.07. The summed E-state index contributed by atoms with van der Waals surface area (Å²) in [7, 11) is 0. The molecule has 1 N–H and O–H groups in total. The molecule has 88 valence electrons. The molecule has 0 aliphatic heterocycles. The summed E-state index contributed by atoms with van der Waals surface area (Å²) in [5.74, 6) is -0.931. The van der Waals surface area contributed by atoms with Crippen molar-refractivity contribution in [3.8, 4) is 11.3 Å². The second-order valence-corrected chi connectivity index (χ2v) is 3.99. The summed E-state index contributed by atoms with van der Waals surface area (Å²) in [5, 5.41) is 13.3. The monoisotopic (exact) mass is 238 g/mol. The largest absolute Gasteiger partial charge is 0.478 e. The van der Waals surface area contributed by atoms with Gasteiger partial charge in [0.15, 0.2) is 0 Å². The lowest BCUT2D eigenvalue weighted by Gasteiger charge is -1.95. The van der Waals surface area contributed by atoms with Crippen molar-refractivity contribution in [1.29, 1.82) is 0 Å². The Labute approximate surface area is 103 Å². The molecule has 4 heteroatoms. The van der Waals surface area contributed by atoms with E-state index in [1.807, 2.05) is 36.4 Å². The average molecular weight is 238 g/mol. The molecule has 3 rings (SSSR count). The predicted molar refractivity (Wildman–Crippen MR) is 67.6 cm³/mol. The van der Waals surface area contributed by atoms with Gasteiger partial charge in [0, 0.05) is 11.8 Å². The van der Waals surface area contributed by atoms with Crippen LogP contribution in [0.3, 0.4) is 0 Å². The summed E-state index contributed by atoms with van der Waals surface area (Å²) in [6, 6.07) is 14.8. The summed E-state index contributed by atoms with van der Waals surface area (Å²) in [6.07, 6.45) is 1.66. The number of nitrogens with zero attached hydrogens (tertiary/aromatic N) is 2. The van der Waals surface area contributed by atoms with E-state index in [9.17, 15) is 4.79 Å². The maximum atomic E-state index is 10.9. The number of aromatic nitrogens is 2. The Balaban J connectivity index is 2.14. The molecular formula is C14H10N2O2. The van der Waals surface area contributed by atoms with Crippen LogP contribution in [0.1, 0.15) is 10.4 Å². The molecule has 0 fully saturated rings. The van der Waals surface area contributed by atoms with Gasteiger partial charge in [-0.3, -0.25) is 0 Å². The fourth-order valence-corrected chi connectivity index (χ4v) is 1.88. The molecule has 0 unspecified atom stereocenters. The van der Waals surface area contributed by atoms with Gasteiger partial charge in [-0.25, -0.2) is 9.31 Å². The normalized spacial score (nSPS) is 10.7. The van der Waals surface area contributed by atoms with Gasteiger partial charge in [0.2, 0.25) is 0 Å². The van der Waals surface area contributed by atoms with Crippen LogP contribution in [-0.2, 0) is 0 Å². The number of carbonyl (C=O) groups is 1. The molecule has 0 radical (unpaired) electrons. The molecule has 2 heterocycles. The quantitative estimate of drug-likeness (QED) is 0.746. The van der Waals surface area contributed by atoms with E-state index in [-0.39, 0.29) is 5.56 Å². The van der Waals surface area contributed by atoms with E-state index in [4.69, 9.17) is 5.11 Å². The van der Waals surface area contributed by atoms with Crippen molar-refractivity contribution in [2.75, 3.05) is 0 Å². The third kappa shape index (κ3) is 1.73. The van der Waals surface area contributed by atoms with Crippen molar-refractivity contribution >= 4 is 11.5 Å². The van der Waals surface area contributed by atoms with Crippen LogP contribution >= 0.6 is 0 Å². The summed E-state index contributed by atoms with van der Waals surface area (Å²) in [6.45, 7) is 0. The Kier molecular flexibility index (Phi) is 2.34. The number of carboxylic acids is 1. The van der Waals surface area contributed by atoms with E-state index in [0.29, 0.717) is 0 Å². The van der Waals surface area contributed by atoms with Gasteiger partial charge in [-0.2, -0.15) is 5.10 Å². The number of pyridine rings is 1. The van der Waals surface area contributed by atoms with Crippen molar-refractivity contribution in [3.63, 3.8) is 0 Å². The van der Waals surface area contributed by atoms with Gasteiger partial charge < -0.3 is 5.11 Å². The molecule has 18 heavy (non-hydrogen) atoms. The predicted octanol–water partition coefficient (Wildman–Crippen LogP) is 2.70. The Morgan fingerprint density at radius 1 is 1.11 bits per heavy atom. The Hall–Kier alpha value is -2.62. The maximum Gasteiger partial charge on any atom is 0.335 e. The molecule has 0 saturated heterocycles. The summed E-state index contributed by atoms with van der Waals surface area (Å²) < 4.78 is 1.68. The van der Waals surface area contributed by atoms with Crippen molar-refractivity contribution in [2.24, 2.45) is 0 Å². The van der Waals surface area contributed by atoms with Gasteiger partial charge in [0.05, 0.1) is 16.8 Å². The highest BCUT2D eigenvalue weighted by Crippen LogP contribution is 2.19. The van der Waals surface area contributed by atoms with Gasteiger partial charge >= 0.3 is 5.97 Å². The standard InChI is InChI=1S/C14H10N2O2/c17-14(18)11-6-7-16-12(8-11)9-13(15-16)10-4-2-1-3-5-10/h1-9H,(H,17,18). The van der Waals surface area contributed by atoms with E-state index >= 15 is 0 Å². The lowest BCUT2D eigenvalue weighted by atomic mass is 10.1. The number of carboxylic acid groups (broad SMARTS) is 1. The molecule has 3 aromatic rings. The molecule has 0 aliphatic rings. The van der Waals surface area contributed by atoms with Gasteiger partial charge in [-0.15, -0.1) is 0 Å². The van der Waals surface area contributed by atoms with Crippen LogP contribution < -0.4 is 0 Å². The topological polar surface area (TPSA) is 54.6 Å². The Morgan fingerprint density at radius 2 is 1.89 bits per heavy atom. The summed E-state index contributed by atoms with van der Waals surface area (Å²) >= 11 is 0. The molecule has 0 atom stereocenters. The molecule has 0 amide bonds. The maximum absolute atomic E-state index is 10.9. The zero-order chi connectivity index (χ0) is 12.5. The van der Waals surface area contributed by atoms with Crippen LogP contribution in [0.5, 0.6) is 0 Å². The second-order valence-electron chi connectivity index (χ2n) is 3.99. The minimum Gasteiger partial charge on any atom is -0.478 e. The highest BCUT2D eigenvalue weighted by atomic mass is 16.4.